The maximum absolute atomic E-state index is 4.98. The summed E-state index contributed by atoms with van der Waals surface area (Å²) in [7, 11) is 0. The average Bonchev–Trinajstić information content (AvgIpc) is 3.57. The quantitative estimate of drug-likeness (QED) is 0.180. The monoisotopic (exact) mass is 641 g/mol. The highest BCUT2D eigenvalue weighted by Crippen LogP contribution is 2.45. The van der Waals surface area contributed by atoms with Crippen molar-refractivity contribution in [2.75, 3.05) is 0 Å². The molecule has 2 aromatic heterocycles. The lowest BCUT2D eigenvalue weighted by Gasteiger charge is -2.11. The van der Waals surface area contributed by atoms with E-state index in [2.05, 4.69) is 103 Å². The minimum absolute atomic E-state index is 0.658. The van der Waals surface area contributed by atoms with Gasteiger partial charge in [0.2, 0.25) is 0 Å². The lowest BCUT2D eigenvalue weighted by molar-refractivity contribution is 1.07. The fourth-order valence-electron chi connectivity index (χ4n) is 7.15. The Bertz CT molecular complexity index is 2820. The van der Waals surface area contributed by atoms with Gasteiger partial charge in [0.1, 0.15) is 0 Å². The van der Waals surface area contributed by atoms with E-state index >= 15 is 0 Å². The molecule has 0 aliphatic carbocycles. The normalized spacial score (nSPS) is 11.7. The highest BCUT2D eigenvalue weighted by atomic mass is 32.1. The molecule has 0 N–H and O–H groups in total. The number of aromatic nitrogens is 3. The number of hydrogen-bond donors (Lipinski definition) is 0. The van der Waals surface area contributed by atoms with E-state index in [1.54, 1.807) is 0 Å². The van der Waals surface area contributed by atoms with E-state index in [0.29, 0.717) is 17.5 Å². The minimum Gasteiger partial charge on any atom is -0.208 e. The highest BCUT2D eigenvalue weighted by Gasteiger charge is 2.17. The van der Waals surface area contributed by atoms with Crippen molar-refractivity contribution in [2.45, 2.75) is 0 Å². The van der Waals surface area contributed by atoms with Crippen LogP contribution in [0, 0.1) is 0 Å². The molecule has 0 spiro atoms. The van der Waals surface area contributed by atoms with Crippen molar-refractivity contribution in [3.8, 4) is 45.3 Å². The van der Waals surface area contributed by atoms with Crippen LogP contribution in [0.25, 0.3) is 97.8 Å². The number of thiophene rings is 1. The van der Waals surface area contributed by atoms with Crippen LogP contribution in [0.15, 0.2) is 164 Å². The molecule has 0 amide bonds. The molecule has 0 fully saturated rings. The van der Waals surface area contributed by atoms with E-state index in [1.807, 2.05) is 72.0 Å². The summed E-state index contributed by atoms with van der Waals surface area (Å²) in [5.74, 6) is 1.98. The molecule has 2 heterocycles. The molecule has 8 aromatic carbocycles. The molecule has 0 aliphatic heterocycles. The second kappa shape index (κ2) is 11.2. The van der Waals surface area contributed by atoms with Gasteiger partial charge in [0.15, 0.2) is 17.5 Å². The van der Waals surface area contributed by atoms with E-state index < -0.39 is 0 Å². The summed E-state index contributed by atoms with van der Waals surface area (Å²) in [6.07, 6.45) is 0. The number of fused-ring (bicyclic) bond motifs is 8. The van der Waals surface area contributed by atoms with Crippen LogP contribution in [0.1, 0.15) is 0 Å². The Morgan fingerprint density at radius 2 is 0.878 bits per heavy atom. The van der Waals surface area contributed by atoms with Crippen molar-refractivity contribution in [1.82, 2.24) is 15.0 Å². The van der Waals surface area contributed by atoms with Gasteiger partial charge in [-0.25, -0.2) is 15.0 Å². The third-order valence-electron chi connectivity index (χ3n) is 9.50. The summed E-state index contributed by atoms with van der Waals surface area (Å²) in [6.45, 7) is 0. The van der Waals surface area contributed by atoms with Crippen molar-refractivity contribution in [3.63, 3.8) is 0 Å². The average molecular weight is 642 g/mol. The van der Waals surface area contributed by atoms with Gasteiger partial charge in [-0.15, -0.1) is 11.3 Å². The zero-order valence-electron chi connectivity index (χ0n) is 26.3. The largest absolute Gasteiger partial charge is 0.208 e. The third kappa shape index (κ3) is 4.61. The first kappa shape index (κ1) is 27.8. The molecule has 3 nitrogen and oxygen atoms in total. The molecule has 10 aromatic rings. The van der Waals surface area contributed by atoms with Gasteiger partial charge in [-0.2, -0.15) is 0 Å². The summed E-state index contributed by atoms with van der Waals surface area (Å²) in [6, 6.07) is 57.9. The highest BCUT2D eigenvalue weighted by molar-refractivity contribution is 7.27. The lowest BCUT2D eigenvalue weighted by Crippen LogP contribution is -2.00. The first-order valence-corrected chi connectivity index (χ1v) is 17.3. The van der Waals surface area contributed by atoms with E-state index in [1.165, 1.54) is 58.2 Å². The van der Waals surface area contributed by atoms with Crippen LogP contribution < -0.4 is 0 Å². The first-order valence-electron chi connectivity index (χ1n) is 16.4. The number of benzene rings is 8. The third-order valence-corrected chi connectivity index (χ3v) is 10.8. The molecule has 0 aliphatic rings. The van der Waals surface area contributed by atoms with E-state index in [4.69, 9.17) is 15.0 Å². The Kier molecular flexibility index (Phi) is 6.36. The molecule has 228 valence electrons. The van der Waals surface area contributed by atoms with Crippen LogP contribution in [0.3, 0.4) is 0 Å². The molecule has 49 heavy (non-hydrogen) atoms. The van der Waals surface area contributed by atoms with E-state index in [-0.39, 0.29) is 0 Å². The lowest BCUT2D eigenvalue weighted by atomic mass is 9.95. The Hall–Kier alpha value is -6.23. The van der Waals surface area contributed by atoms with Crippen LogP contribution in [0.5, 0.6) is 0 Å². The molecular formula is C45H27N3S. The number of nitrogens with zero attached hydrogens (tertiary/aromatic N) is 3. The van der Waals surface area contributed by atoms with Gasteiger partial charge in [0, 0.05) is 47.8 Å². The summed E-state index contributed by atoms with van der Waals surface area (Å²) < 4.78 is 2.66. The van der Waals surface area contributed by atoms with Crippen LogP contribution in [-0.4, -0.2) is 15.0 Å². The smallest absolute Gasteiger partial charge is 0.164 e. The van der Waals surface area contributed by atoms with Crippen LogP contribution >= 0.6 is 11.3 Å². The Labute approximate surface area is 286 Å². The van der Waals surface area contributed by atoms with Gasteiger partial charge in [-0.05, 0) is 38.6 Å². The Morgan fingerprint density at radius 1 is 0.327 bits per heavy atom. The van der Waals surface area contributed by atoms with Crippen molar-refractivity contribution in [3.05, 3.63) is 164 Å². The summed E-state index contributed by atoms with van der Waals surface area (Å²) in [5, 5.41) is 10.2. The molecule has 10 rings (SSSR count). The van der Waals surface area contributed by atoms with Gasteiger partial charge >= 0.3 is 0 Å². The molecule has 0 unspecified atom stereocenters. The van der Waals surface area contributed by atoms with Gasteiger partial charge < -0.3 is 0 Å². The van der Waals surface area contributed by atoms with E-state index in [0.717, 1.165) is 22.1 Å². The van der Waals surface area contributed by atoms with Gasteiger partial charge in [-0.1, -0.05) is 158 Å². The number of hydrogen-bond acceptors (Lipinski definition) is 4. The number of rotatable bonds is 4. The topological polar surface area (TPSA) is 38.7 Å². The predicted octanol–water partition coefficient (Wildman–Crippen LogP) is 12.4. The van der Waals surface area contributed by atoms with Gasteiger partial charge in [-0.3, -0.25) is 0 Å². The van der Waals surface area contributed by atoms with E-state index in [9.17, 15) is 0 Å². The zero-order valence-corrected chi connectivity index (χ0v) is 27.2. The standard InChI is InChI=1S/C45H27N3S/c1-3-12-30(13-4-1)43-46-44(31-14-5-2-6-15-31)48-45(47-43)33-24-25-34-32(27-33)16-9-18-36(34)37-19-10-20-38-39-26-23-29-22-21-28-11-7-8-17-35(28)40(29)42(39)49-41(37)38/h1-27H. The second-order valence-electron chi connectivity index (χ2n) is 12.4. The van der Waals surface area contributed by atoms with Crippen LogP contribution in [0.2, 0.25) is 0 Å². The maximum Gasteiger partial charge on any atom is 0.164 e. The SMILES string of the molecule is c1ccc(-c2nc(-c3ccccc3)nc(-c3ccc4c(-c5cccc6c5sc5c6ccc6ccc7ccccc7c65)cccc4c3)n2)cc1. The summed E-state index contributed by atoms with van der Waals surface area (Å²) >= 11 is 1.91. The molecule has 0 bridgehead atoms. The van der Waals surface area contributed by atoms with Gasteiger partial charge in [0.05, 0.1) is 0 Å². The predicted molar refractivity (Wildman–Crippen MR) is 207 cm³/mol. The van der Waals surface area contributed by atoms with Crippen LogP contribution in [0.4, 0.5) is 0 Å². The first-order chi connectivity index (χ1) is 24.3. The summed E-state index contributed by atoms with van der Waals surface area (Å²) in [4.78, 5) is 14.8. The van der Waals surface area contributed by atoms with Crippen LogP contribution in [-0.2, 0) is 0 Å². The fourth-order valence-corrected chi connectivity index (χ4v) is 8.55. The zero-order chi connectivity index (χ0) is 32.3. The maximum atomic E-state index is 4.98. The second-order valence-corrected chi connectivity index (χ2v) is 13.4. The Balaban J connectivity index is 1.15. The van der Waals surface area contributed by atoms with Crippen molar-refractivity contribution >= 4 is 63.8 Å². The van der Waals surface area contributed by atoms with Crippen molar-refractivity contribution in [2.24, 2.45) is 0 Å². The Morgan fingerprint density at radius 3 is 1.65 bits per heavy atom. The fraction of sp³-hybridized carbons (Fsp3) is 0. The molecular weight excluding hydrogens is 615 g/mol. The van der Waals surface area contributed by atoms with Crippen molar-refractivity contribution < 1.29 is 0 Å². The molecule has 4 heteroatoms. The molecule has 0 saturated heterocycles. The molecule has 0 atom stereocenters. The molecule has 0 radical (unpaired) electrons. The van der Waals surface area contributed by atoms with Crippen molar-refractivity contribution in [1.29, 1.82) is 0 Å². The minimum atomic E-state index is 0.658. The summed E-state index contributed by atoms with van der Waals surface area (Å²) in [5.41, 5.74) is 5.36. The molecule has 0 saturated carbocycles. The van der Waals surface area contributed by atoms with Gasteiger partial charge in [0.25, 0.3) is 0 Å².